The average Bonchev–Trinajstić information content (AvgIpc) is 3.11. The molecule has 0 spiro atoms. The molecule has 1 N–H and O–H groups in total. The van der Waals surface area contributed by atoms with Crippen molar-refractivity contribution in [2.75, 3.05) is 0 Å². The first-order valence-corrected chi connectivity index (χ1v) is 9.31. The van der Waals surface area contributed by atoms with E-state index in [1.807, 2.05) is 6.07 Å². The molecular weight excluding hydrogens is 510 g/mol. The minimum absolute atomic E-state index is 0.182. The number of hydrogen-bond acceptors (Lipinski definition) is 4. The number of aromatic nitrogens is 4. The zero-order chi connectivity index (χ0) is 20.5. The van der Waals surface area contributed by atoms with E-state index in [-0.39, 0.29) is 10.6 Å². The van der Waals surface area contributed by atoms with E-state index in [1.54, 1.807) is 19.2 Å². The highest BCUT2D eigenvalue weighted by Gasteiger charge is 2.32. The fourth-order valence-electron chi connectivity index (χ4n) is 2.44. The molecule has 2 heterocycles. The second kappa shape index (κ2) is 8.03. The first kappa shape index (κ1) is 20.5. The van der Waals surface area contributed by atoms with Crippen molar-refractivity contribution in [3.63, 3.8) is 0 Å². The Morgan fingerprint density at radius 3 is 2.64 bits per heavy atom. The van der Waals surface area contributed by atoms with Gasteiger partial charge in [0.1, 0.15) is 6.33 Å². The van der Waals surface area contributed by atoms with Crippen molar-refractivity contribution >= 4 is 40.1 Å². The Hall–Kier alpha value is -2.21. The Kier molecular flexibility index (Phi) is 5.89. The van der Waals surface area contributed by atoms with Crippen molar-refractivity contribution in [1.82, 2.24) is 25.1 Å². The lowest BCUT2D eigenvalue weighted by atomic mass is 10.1. The highest BCUT2D eigenvalue weighted by molar-refractivity contribution is 14.1. The molecule has 0 unspecified atom stereocenters. The molecule has 0 bridgehead atoms. The van der Waals surface area contributed by atoms with Crippen LogP contribution in [-0.2, 0) is 6.18 Å². The molecule has 0 aliphatic heterocycles. The minimum Gasteiger partial charge on any atom is -0.342 e. The van der Waals surface area contributed by atoms with Crippen molar-refractivity contribution in [2.24, 2.45) is 0 Å². The summed E-state index contributed by atoms with van der Waals surface area (Å²) in [5.74, 6) is 0.155. The standard InChI is InChI=1S/C17H12ClF3IN5O/c1-9(15-24-8-25-27(15)14-3-2-13(22)7-23-14)26-16(28)10-4-11(17(19,20)21)6-12(18)5-10/h2-9H,1H3,(H,26,28)/t9-/m0/s1. The van der Waals surface area contributed by atoms with Crippen molar-refractivity contribution in [1.29, 1.82) is 0 Å². The summed E-state index contributed by atoms with van der Waals surface area (Å²) in [5, 5.41) is 6.52. The van der Waals surface area contributed by atoms with Gasteiger partial charge in [0.25, 0.3) is 5.91 Å². The van der Waals surface area contributed by atoms with Gasteiger partial charge in [-0.25, -0.2) is 9.97 Å². The number of amides is 1. The van der Waals surface area contributed by atoms with E-state index in [9.17, 15) is 18.0 Å². The van der Waals surface area contributed by atoms with Gasteiger partial charge in [-0.1, -0.05) is 11.6 Å². The molecule has 0 saturated carbocycles. The van der Waals surface area contributed by atoms with Crippen molar-refractivity contribution in [2.45, 2.75) is 19.1 Å². The second-order valence-electron chi connectivity index (χ2n) is 5.79. The maximum absolute atomic E-state index is 12.9. The molecule has 0 saturated heterocycles. The van der Waals surface area contributed by atoms with Crippen LogP contribution in [0.1, 0.15) is 34.7 Å². The lowest BCUT2D eigenvalue weighted by molar-refractivity contribution is -0.137. The van der Waals surface area contributed by atoms with Gasteiger partial charge in [0.15, 0.2) is 11.6 Å². The van der Waals surface area contributed by atoms with Gasteiger partial charge >= 0.3 is 6.18 Å². The van der Waals surface area contributed by atoms with Crippen LogP contribution >= 0.6 is 34.2 Å². The summed E-state index contributed by atoms with van der Waals surface area (Å²) in [6.07, 6.45) is -1.66. The van der Waals surface area contributed by atoms with Crippen molar-refractivity contribution < 1.29 is 18.0 Å². The van der Waals surface area contributed by atoms with Gasteiger partial charge in [-0.3, -0.25) is 4.79 Å². The van der Waals surface area contributed by atoms with E-state index in [1.165, 1.54) is 17.1 Å². The van der Waals surface area contributed by atoms with E-state index in [4.69, 9.17) is 11.6 Å². The number of carbonyl (C=O) groups excluding carboxylic acids is 1. The Labute approximate surface area is 176 Å². The first-order valence-electron chi connectivity index (χ1n) is 7.85. The highest BCUT2D eigenvalue weighted by Crippen LogP contribution is 2.32. The number of nitrogens with one attached hydrogen (secondary N) is 1. The lowest BCUT2D eigenvalue weighted by Crippen LogP contribution is -2.29. The smallest absolute Gasteiger partial charge is 0.342 e. The topological polar surface area (TPSA) is 72.7 Å². The van der Waals surface area contributed by atoms with Gasteiger partial charge in [0, 0.05) is 20.4 Å². The maximum Gasteiger partial charge on any atom is 0.416 e. The number of pyridine rings is 1. The summed E-state index contributed by atoms with van der Waals surface area (Å²) in [6, 6.07) is 5.61. The Morgan fingerprint density at radius 2 is 2.00 bits per heavy atom. The van der Waals surface area contributed by atoms with Gasteiger partial charge in [-0.2, -0.15) is 23.0 Å². The Bertz CT molecular complexity index is 1010. The number of rotatable bonds is 4. The van der Waals surface area contributed by atoms with Crippen molar-refractivity contribution in [3.05, 3.63) is 68.4 Å². The molecule has 3 aromatic rings. The summed E-state index contributed by atoms with van der Waals surface area (Å²) in [5.41, 5.74) is -1.20. The molecule has 11 heteroatoms. The lowest BCUT2D eigenvalue weighted by Gasteiger charge is -2.15. The quantitative estimate of drug-likeness (QED) is 0.516. The first-order chi connectivity index (χ1) is 13.1. The summed E-state index contributed by atoms with van der Waals surface area (Å²) >= 11 is 7.85. The zero-order valence-corrected chi connectivity index (χ0v) is 17.1. The second-order valence-corrected chi connectivity index (χ2v) is 7.47. The summed E-state index contributed by atoms with van der Waals surface area (Å²) in [7, 11) is 0. The predicted molar refractivity (Wildman–Crippen MR) is 104 cm³/mol. The maximum atomic E-state index is 12.9. The summed E-state index contributed by atoms with van der Waals surface area (Å²) in [6.45, 7) is 1.64. The van der Waals surface area contributed by atoms with E-state index in [0.717, 1.165) is 15.7 Å². The van der Waals surface area contributed by atoms with Crippen LogP contribution in [0.4, 0.5) is 13.2 Å². The van der Waals surface area contributed by atoms with Gasteiger partial charge in [0.2, 0.25) is 0 Å². The SMILES string of the molecule is C[C@H](NC(=O)c1cc(Cl)cc(C(F)(F)F)c1)c1ncnn1-c1ccc(I)cn1. The molecule has 1 atom stereocenters. The number of carbonyl (C=O) groups is 1. The van der Waals surface area contributed by atoms with Crippen LogP contribution < -0.4 is 5.32 Å². The molecule has 28 heavy (non-hydrogen) atoms. The third-order valence-corrected chi connectivity index (χ3v) is 4.58. The van der Waals surface area contributed by atoms with E-state index in [2.05, 4.69) is 43.0 Å². The van der Waals surface area contributed by atoms with Gasteiger partial charge < -0.3 is 5.32 Å². The number of nitrogens with zero attached hydrogens (tertiary/aromatic N) is 4. The normalized spacial score (nSPS) is 12.6. The molecule has 2 aromatic heterocycles. The van der Waals surface area contributed by atoms with Crippen LogP contribution in [0, 0.1) is 3.57 Å². The number of benzene rings is 1. The molecule has 3 rings (SSSR count). The predicted octanol–water partition coefficient (Wildman–Crippen LogP) is 4.43. The summed E-state index contributed by atoms with van der Waals surface area (Å²) < 4.78 is 41.2. The molecular formula is C17H12ClF3IN5O. The van der Waals surface area contributed by atoms with Gasteiger partial charge in [0.05, 0.1) is 11.6 Å². The zero-order valence-electron chi connectivity index (χ0n) is 14.2. The number of halogens is 5. The fourth-order valence-corrected chi connectivity index (χ4v) is 3.00. The Balaban J connectivity index is 1.84. The van der Waals surface area contributed by atoms with Crippen molar-refractivity contribution in [3.8, 4) is 5.82 Å². The van der Waals surface area contributed by atoms with Gasteiger partial charge in [-0.05, 0) is 59.8 Å². The molecule has 1 amide bonds. The van der Waals surface area contributed by atoms with E-state index >= 15 is 0 Å². The van der Waals surface area contributed by atoms with E-state index < -0.39 is 23.7 Å². The number of alkyl halides is 3. The van der Waals surface area contributed by atoms with Crippen LogP contribution in [0.3, 0.4) is 0 Å². The minimum atomic E-state index is -4.61. The van der Waals surface area contributed by atoms with Gasteiger partial charge in [-0.15, -0.1) is 0 Å². The molecule has 0 fully saturated rings. The summed E-state index contributed by atoms with van der Waals surface area (Å²) in [4.78, 5) is 20.8. The molecule has 146 valence electrons. The van der Waals surface area contributed by atoms with Crippen LogP contribution in [0.25, 0.3) is 5.82 Å². The van der Waals surface area contributed by atoms with Crippen LogP contribution in [0.15, 0.2) is 42.9 Å². The third-order valence-electron chi connectivity index (χ3n) is 3.73. The van der Waals surface area contributed by atoms with Crippen LogP contribution in [-0.4, -0.2) is 25.7 Å². The molecule has 0 aliphatic rings. The molecule has 0 aliphatic carbocycles. The largest absolute Gasteiger partial charge is 0.416 e. The van der Waals surface area contributed by atoms with E-state index in [0.29, 0.717) is 11.6 Å². The van der Waals surface area contributed by atoms with Crippen LogP contribution in [0.5, 0.6) is 0 Å². The molecule has 1 aromatic carbocycles. The average molecular weight is 522 g/mol. The number of hydrogen-bond donors (Lipinski definition) is 1. The Morgan fingerprint density at radius 1 is 1.25 bits per heavy atom. The fraction of sp³-hybridized carbons (Fsp3) is 0.176. The third kappa shape index (κ3) is 4.61. The molecule has 0 radical (unpaired) electrons. The van der Waals surface area contributed by atoms with Crippen LogP contribution in [0.2, 0.25) is 5.02 Å². The molecule has 6 nitrogen and oxygen atoms in total. The monoisotopic (exact) mass is 521 g/mol. The highest BCUT2D eigenvalue weighted by atomic mass is 127.